The van der Waals surface area contributed by atoms with Gasteiger partial charge >= 0.3 is 0 Å². The van der Waals surface area contributed by atoms with Crippen molar-refractivity contribution in [3.63, 3.8) is 0 Å². The van der Waals surface area contributed by atoms with Crippen LogP contribution in [0.15, 0.2) is 29.2 Å². The molecule has 2 N–H and O–H groups in total. The molecule has 0 aliphatic heterocycles. The third-order valence-corrected chi connectivity index (χ3v) is 7.18. The maximum atomic E-state index is 12.6. The fourth-order valence-corrected chi connectivity index (χ4v) is 5.20. The van der Waals surface area contributed by atoms with Gasteiger partial charge in [-0.3, -0.25) is 0 Å². The molecule has 1 aromatic carbocycles. The second kappa shape index (κ2) is 8.27. The third kappa shape index (κ3) is 4.55. The summed E-state index contributed by atoms with van der Waals surface area (Å²) in [6.07, 6.45) is 5.31. The number of sulfone groups is 1. The SMILES string of the molecule is CCC(CCO)NC(C)c1ccc(S(=O)(=O)C2CCCC2)cc1. The third-order valence-electron chi connectivity index (χ3n) is 4.91. The van der Waals surface area contributed by atoms with Gasteiger partial charge in [-0.1, -0.05) is 31.9 Å². The molecule has 2 atom stereocenters. The van der Waals surface area contributed by atoms with Gasteiger partial charge in [0.2, 0.25) is 0 Å². The molecule has 2 rings (SSSR count). The maximum Gasteiger partial charge on any atom is 0.181 e. The van der Waals surface area contributed by atoms with Crippen LogP contribution in [0, 0.1) is 0 Å². The fraction of sp³-hybridized carbons (Fsp3) is 0.667. The molecule has 1 fully saturated rings. The van der Waals surface area contributed by atoms with E-state index in [1.165, 1.54) is 0 Å². The van der Waals surface area contributed by atoms with E-state index in [-0.39, 0.29) is 23.9 Å². The van der Waals surface area contributed by atoms with E-state index in [4.69, 9.17) is 5.11 Å². The molecule has 1 saturated carbocycles. The molecule has 0 aromatic heterocycles. The Hall–Kier alpha value is -0.910. The van der Waals surface area contributed by atoms with Gasteiger partial charge in [-0.25, -0.2) is 8.42 Å². The molecule has 2 unspecified atom stereocenters. The maximum absolute atomic E-state index is 12.6. The predicted octanol–water partition coefficient (Wildman–Crippen LogP) is 3.21. The van der Waals surface area contributed by atoms with Gasteiger partial charge in [-0.05, 0) is 50.3 Å². The molecule has 0 amide bonds. The summed E-state index contributed by atoms with van der Waals surface area (Å²) in [5.74, 6) is 0. The van der Waals surface area contributed by atoms with E-state index in [1.54, 1.807) is 12.1 Å². The highest BCUT2D eigenvalue weighted by atomic mass is 32.2. The van der Waals surface area contributed by atoms with Crippen molar-refractivity contribution in [2.75, 3.05) is 6.61 Å². The second-order valence-electron chi connectivity index (χ2n) is 6.53. The summed E-state index contributed by atoms with van der Waals surface area (Å²) in [6, 6.07) is 7.71. The van der Waals surface area contributed by atoms with Crippen molar-refractivity contribution in [1.29, 1.82) is 0 Å². The van der Waals surface area contributed by atoms with Crippen LogP contribution in [0.5, 0.6) is 0 Å². The Morgan fingerprint density at radius 2 is 1.83 bits per heavy atom. The Balaban J connectivity index is 2.06. The van der Waals surface area contributed by atoms with E-state index >= 15 is 0 Å². The van der Waals surface area contributed by atoms with E-state index in [1.807, 2.05) is 12.1 Å². The average Bonchev–Trinajstić information content (AvgIpc) is 3.09. The Labute approximate surface area is 140 Å². The first-order chi connectivity index (χ1) is 11.0. The minimum absolute atomic E-state index is 0.134. The lowest BCUT2D eigenvalue weighted by Crippen LogP contribution is -2.31. The number of rotatable bonds is 8. The lowest BCUT2D eigenvalue weighted by atomic mass is 10.1. The minimum atomic E-state index is -3.17. The number of aliphatic hydroxyl groups excluding tert-OH is 1. The summed E-state index contributed by atoms with van der Waals surface area (Å²) < 4.78 is 25.2. The van der Waals surface area contributed by atoms with E-state index in [0.29, 0.717) is 4.90 Å². The highest BCUT2D eigenvalue weighted by Gasteiger charge is 2.30. The zero-order valence-corrected chi connectivity index (χ0v) is 15.0. The van der Waals surface area contributed by atoms with Crippen LogP contribution in [0.2, 0.25) is 0 Å². The Bertz CT molecular complexity index is 577. The Morgan fingerprint density at radius 3 is 2.35 bits per heavy atom. The van der Waals surface area contributed by atoms with E-state index in [9.17, 15) is 8.42 Å². The second-order valence-corrected chi connectivity index (χ2v) is 8.75. The molecular weight excluding hydrogens is 310 g/mol. The molecule has 1 aromatic rings. The van der Waals surface area contributed by atoms with Crippen LogP contribution in [0.1, 0.15) is 64.0 Å². The quantitative estimate of drug-likeness (QED) is 0.763. The number of hydrogen-bond donors (Lipinski definition) is 2. The lowest BCUT2D eigenvalue weighted by Gasteiger charge is -2.22. The van der Waals surface area contributed by atoms with E-state index in [0.717, 1.165) is 44.1 Å². The van der Waals surface area contributed by atoms with E-state index < -0.39 is 9.84 Å². The molecule has 1 aliphatic carbocycles. The van der Waals surface area contributed by atoms with Crippen molar-refractivity contribution in [2.45, 2.75) is 74.6 Å². The number of aliphatic hydroxyl groups is 1. The van der Waals surface area contributed by atoms with Crippen LogP contribution in [0.3, 0.4) is 0 Å². The summed E-state index contributed by atoms with van der Waals surface area (Å²) in [7, 11) is -3.17. The van der Waals surface area contributed by atoms with Crippen LogP contribution in [-0.4, -0.2) is 31.4 Å². The Morgan fingerprint density at radius 1 is 1.22 bits per heavy atom. The molecule has 4 nitrogen and oxygen atoms in total. The van der Waals surface area contributed by atoms with Crippen molar-refractivity contribution in [3.05, 3.63) is 29.8 Å². The zero-order chi connectivity index (χ0) is 16.9. The molecule has 0 heterocycles. The molecule has 130 valence electrons. The fourth-order valence-electron chi connectivity index (χ4n) is 3.35. The Kier molecular flexibility index (Phi) is 6.62. The van der Waals surface area contributed by atoms with Crippen LogP contribution < -0.4 is 5.32 Å². The molecular formula is C18H29NO3S. The van der Waals surface area contributed by atoms with Gasteiger partial charge in [0, 0.05) is 18.7 Å². The number of benzene rings is 1. The first kappa shape index (κ1) is 18.4. The summed E-state index contributed by atoms with van der Waals surface area (Å²) in [6.45, 7) is 4.34. The molecule has 0 bridgehead atoms. The molecule has 23 heavy (non-hydrogen) atoms. The van der Waals surface area contributed by atoms with Gasteiger partial charge in [0.1, 0.15) is 0 Å². The lowest BCUT2D eigenvalue weighted by molar-refractivity contribution is 0.257. The molecule has 0 spiro atoms. The van der Waals surface area contributed by atoms with Crippen molar-refractivity contribution >= 4 is 9.84 Å². The summed E-state index contributed by atoms with van der Waals surface area (Å²) in [5, 5.41) is 12.4. The number of nitrogens with one attached hydrogen (secondary N) is 1. The highest BCUT2D eigenvalue weighted by Crippen LogP contribution is 2.30. The van der Waals surface area contributed by atoms with Crippen LogP contribution in [0.25, 0.3) is 0 Å². The van der Waals surface area contributed by atoms with Gasteiger partial charge in [-0.15, -0.1) is 0 Å². The molecule has 5 heteroatoms. The van der Waals surface area contributed by atoms with E-state index in [2.05, 4.69) is 19.2 Å². The van der Waals surface area contributed by atoms with Crippen molar-refractivity contribution in [1.82, 2.24) is 5.32 Å². The highest BCUT2D eigenvalue weighted by molar-refractivity contribution is 7.92. The number of hydrogen-bond acceptors (Lipinski definition) is 4. The predicted molar refractivity (Wildman–Crippen MR) is 93.2 cm³/mol. The standard InChI is InChI=1S/C18H29NO3S/c1-3-16(12-13-20)19-14(2)15-8-10-18(11-9-15)23(21,22)17-6-4-5-7-17/h8-11,14,16-17,19-20H,3-7,12-13H2,1-2H3. The topological polar surface area (TPSA) is 66.4 Å². The smallest absolute Gasteiger partial charge is 0.181 e. The summed E-state index contributed by atoms with van der Waals surface area (Å²) >= 11 is 0. The van der Waals surface area contributed by atoms with Gasteiger partial charge in [0.15, 0.2) is 9.84 Å². The first-order valence-electron chi connectivity index (χ1n) is 8.69. The summed E-state index contributed by atoms with van der Waals surface area (Å²) in [4.78, 5) is 0.447. The van der Waals surface area contributed by atoms with Gasteiger partial charge in [0.25, 0.3) is 0 Å². The van der Waals surface area contributed by atoms with Crippen molar-refractivity contribution in [2.24, 2.45) is 0 Å². The average molecular weight is 340 g/mol. The largest absolute Gasteiger partial charge is 0.396 e. The summed E-state index contributed by atoms with van der Waals surface area (Å²) in [5.41, 5.74) is 1.08. The van der Waals surface area contributed by atoms with Gasteiger partial charge in [-0.2, -0.15) is 0 Å². The molecule has 1 aliphatic rings. The monoisotopic (exact) mass is 339 g/mol. The molecule has 0 saturated heterocycles. The normalized spacial score (nSPS) is 18.9. The van der Waals surface area contributed by atoms with Gasteiger partial charge in [0.05, 0.1) is 10.1 Å². The minimum Gasteiger partial charge on any atom is -0.396 e. The van der Waals surface area contributed by atoms with Crippen molar-refractivity contribution in [3.8, 4) is 0 Å². The van der Waals surface area contributed by atoms with Crippen LogP contribution >= 0.6 is 0 Å². The van der Waals surface area contributed by atoms with Crippen molar-refractivity contribution < 1.29 is 13.5 Å². The molecule has 0 radical (unpaired) electrons. The first-order valence-corrected chi connectivity index (χ1v) is 10.2. The zero-order valence-electron chi connectivity index (χ0n) is 14.2. The van der Waals surface area contributed by atoms with Crippen LogP contribution in [0.4, 0.5) is 0 Å². The van der Waals surface area contributed by atoms with Gasteiger partial charge < -0.3 is 10.4 Å². The van der Waals surface area contributed by atoms with Crippen LogP contribution in [-0.2, 0) is 9.84 Å².